The van der Waals surface area contributed by atoms with Crippen molar-refractivity contribution in [2.24, 2.45) is 0 Å². The molecule has 0 aliphatic rings. The summed E-state index contributed by atoms with van der Waals surface area (Å²) in [6.07, 6.45) is -2.71. The van der Waals surface area contributed by atoms with Crippen LogP contribution in [-0.2, 0) is 6.18 Å². The van der Waals surface area contributed by atoms with Crippen molar-refractivity contribution < 1.29 is 32.6 Å². The number of aromatic carboxylic acids is 1. The second-order valence-corrected chi connectivity index (χ2v) is 8.83. The van der Waals surface area contributed by atoms with Crippen molar-refractivity contribution >= 4 is 39.0 Å². The first-order valence-electron chi connectivity index (χ1n) is 11.1. The normalized spacial score (nSPS) is 11.5. The van der Waals surface area contributed by atoms with Gasteiger partial charge in [-0.25, -0.2) is 4.79 Å². The van der Waals surface area contributed by atoms with Gasteiger partial charge < -0.3 is 15.2 Å². The lowest BCUT2D eigenvalue weighted by Crippen LogP contribution is -2.25. The fourth-order valence-electron chi connectivity index (χ4n) is 3.48. The summed E-state index contributed by atoms with van der Waals surface area (Å²) in [7, 11) is 0. The second kappa shape index (κ2) is 10.4. The number of carbonyl (C=O) groups excluding carboxylic acids is 1. The third-order valence-electron chi connectivity index (χ3n) is 5.40. The van der Waals surface area contributed by atoms with E-state index in [9.17, 15) is 32.7 Å². The average Bonchev–Trinajstić information content (AvgIpc) is 3.28. The molecule has 0 aliphatic carbocycles. The molecule has 2 N–H and O–H groups in total. The Kier molecular flexibility index (Phi) is 7.30. The monoisotopic (exact) mass is 531 g/mol. The summed E-state index contributed by atoms with van der Waals surface area (Å²) in [6.45, 7) is 2.59. The van der Waals surface area contributed by atoms with E-state index in [1.807, 2.05) is 6.92 Å². The number of alkyl halides is 3. The molecule has 0 radical (unpaired) electrons. The van der Waals surface area contributed by atoms with Crippen LogP contribution in [0.15, 0.2) is 58.7 Å². The maximum atomic E-state index is 13.3. The summed E-state index contributed by atoms with van der Waals surface area (Å²) in [5.74, 6) is -1.39. The van der Waals surface area contributed by atoms with Gasteiger partial charge in [0.2, 0.25) is 0 Å². The lowest BCUT2D eigenvalue weighted by Gasteiger charge is -2.10. The van der Waals surface area contributed by atoms with E-state index in [0.29, 0.717) is 17.0 Å². The van der Waals surface area contributed by atoms with Crippen molar-refractivity contribution in [1.82, 2.24) is 9.78 Å². The minimum atomic E-state index is -4.59. The first-order chi connectivity index (χ1) is 17.6. The van der Waals surface area contributed by atoms with Crippen molar-refractivity contribution in [2.45, 2.75) is 25.9 Å². The van der Waals surface area contributed by atoms with Crippen molar-refractivity contribution in [1.29, 1.82) is 0 Å². The highest BCUT2D eigenvalue weighted by atomic mass is 32.1. The lowest BCUT2D eigenvalue weighted by atomic mass is 10.2. The number of carboxylic acid groups (broad SMARTS) is 1. The van der Waals surface area contributed by atoms with Crippen LogP contribution in [0.5, 0.6) is 5.75 Å². The summed E-state index contributed by atoms with van der Waals surface area (Å²) < 4.78 is 45.1. The molecule has 0 unspecified atom stereocenters. The van der Waals surface area contributed by atoms with Gasteiger partial charge in [-0.05, 0) is 55.0 Å². The number of nitrogens with one attached hydrogen (secondary N) is 1. The summed E-state index contributed by atoms with van der Waals surface area (Å²) >= 11 is 0.936. The Balaban J connectivity index is 1.70. The predicted molar refractivity (Wildman–Crippen MR) is 132 cm³/mol. The molecule has 12 heteroatoms. The molecule has 192 valence electrons. The molecule has 0 fully saturated rings. The molecule has 2 aromatic carbocycles. The highest BCUT2D eigenvalue weighted by Crippen LogP contribution is 2.32. The molecule has 4 rings (SSSR count). The topological polar surface area (TPSA) is 111 Å². The number of fused-ring (bicyclic) bond motifs is 1. The standard InChI is InChI=1S/C25H20F3N3O5S/c1-2-3-12-36-17-10-4-14(5-11-17)21(32)29-22-19-18(13-37-22)20(24(34)35)30-31(23(19)33)16-8-6-15(7-9-16)25(26,27)28/h4-11,13H,2-3,12H2,1H3,(H,29,32)(H,34,35). The van der Waals surface area contributed by atoms with Crippen molar-refractivity contribution in [3.8, 4) is 11.4 Å². The number of nitrogens with zero attached hydrogens (tertiary/aromatic N) is 2. The maximum Gasteiger partial charge on any atom is 0.416 e. The van der Waals surface area contributed by atoms with E-state index in [2.05, 4.69) is 10.4 Å². The number of carbonyl (C=O) groups is 2. The van der Waals surface area contributed by atoms with Crippen LogP contribution in [0.25, 0.3) is 16.5 Å². The Hall–Kier alpha value is -4.19. The second-order valence-electron chi connectivity index (χ2n) is 7.95. The van der Waals surface area contributed by atoms with E-state index in [-0.39, 0.29) is 27.0 Å². The van der Waals surface area contributed by atoms with E-state index in [0.717, 1.165) is 48.4 Å². The zero-order chi connectivity index (χ0) is 26.7. The van der Waals surface area contributed by atoms with Gasteiger partial charge in [-0.15, -0.1) is 11.3 Å². The molecule has 0 spiro atoms. The minimum absolute atomic E-state index is 0.000587. The number of ether oxygens (including phenoxy) is 1. The number of amides is 1. The van der Waals surface area contributed by atoms with Gasteiger partial charge in [0.15, 0.2) is 5.69 Å². The van der Waals surface area contributed by atoms with Crippen molar-refractivity contribution in [3.63, 3.8) is 0 Å². The van der Waals surface area contributed by atoms with Crippen molar-refractivity contribution in [2.75, 3.05) is 11.9 Å². The number of thiophene rings is 1. The number of aromatic nitrogens is 2. The molecule has 4 aromatic rings. The van der Waals surface area contributed by atoms with Gasteiger partial charge in [0.25, 0.3) is 11.5 Å². The molecule has 0 atom stereocenters. The molecule has 37 heavy (non-hydrogen) atoms. The largest absolute Gasteiger partial charge is 0.494 e. The van der Waals surface area contributed by atoms with Crippen LogP contribution in [0.2, 0.25) is 0 Å². The van der Waals surface area contributed by atoms with Crippen LogP contribution >= 0.6 is 11.3 Å². The van der Waals surface area contributed by atoms with Crippen LogP contribution in [-0.4, -0.2) is 33.4 Å². The van der Waals surface area contributed by atoms with Gasteiger partial charge in [0, 0.05) is 16.3 Å². The van der Waals surface area contributed by atoms with Crippen LogP contribution in [0.3, 0.4) is 0 Å². The Bertz CT molecular complexity index is 1510. The summed E-state index contributed by atoms with van der Waals surface area (Å²) in [5.41, 5.74) is -2.01. The molecular formula is C25H20F3N3O5S. The Morgan fingerprint density at radius 2 is 1.78 bits per heavy atom. The Morgan fingerprint density at radius 3 is 2.38 bits per heavy atom. The van der Waals surface area contributed by atoms with Gasteiger partial charge >= 0.3 is 12.1 Å². The van der Waals surface area contributed by atoms with Gasteiger partial charge in [-0.2, -0.15) is 23.0 Å². The number of unbranched alkanes of at least 4 members (excludes halogenated alkanes) is 1. The fourth-order valence-corrected chi connectivity index (χ4v) is 4.41. The van der Waals surface area contributed by atoms with Crippen molar-refractivity contribution in [3.05, 3.63) is 81.1 Å². The third-order valence-corrected chi connectivity index (χ3v) is 6.30. The van der Waals surface area contributed by atoms with Crippen LogP contribution in [0, 0.1) is 0 Å². The maximum absolute atomic E-state index is 13.3. The lowest BCUT2D eigenvalue weighted by molar-refractivity contribution is -0.137. The number of carboxylic acids is 1. The van der Waals surface area contributed by atoms with E-state index in [1.165, 1.54) is 5.38 Å². The van der Waals surface area contributed by atoms with E-state index in [4.69, 9.17) is 4.74 Å². The fraction of sp³-hybridized carbons (Fsp3) is 0.200. The quantitative estimate of drug-likeness (QED) is 0.287. The van der Waals surface area contributed by atoms with Gasteiger partial charge in [0.05, 0.1) is 23.2 Å². The zero-order valence-corrected chi connectivity index (χ0v) is 20.2. The zero-order valence-electron chi connectivity index (χ0n) is 19.3. The summed E-state index contributed by atoms with van der Waals surface area (Å²) in [4.78, 5) is 38.0. The van der Waals surface area contributed by atoms with Crippen LogP contribution in [0.1, 0.15) is 46.2 Å². The number of hydrogen-bond acceptors (Lipinski definition) is 6. The van der Waals surface area contributed by atoms with Crippen LogP contribution in [0.4, 0.5) is 18.2 Å². The number of rotatable bonds is 8. The SMILES string of the molecule is CCCCOc1ccc(C(=O)Nc2scc3c(C(=O)O)nn(-c4ccc(C(F)(F)F)cc4)c(=O)c23)cc1. The number of anilines is 1. The number of hydrogen-bond donors (Lipinski definition) is 2. The summed E-state index contributed by atoms with van der Waals surface area (Å²) in [5, 5.41) is 17.5. The Labute approximate surface area is 211 Å². The highest BCUT2D eigenvalue weighted by molar-refractivity contribution is 7.16. The van der Waals surface area contributed by atoms with Gasteiger partial charge in [-0.3, -0.25) is 9.59 Å². The van der Waals surface area contributed by atoms with Crippen LogP contribution < -0.4 is 15.6 Å². The smallest absolute Gasteiger partial charge is 0.416 e. The molecule has 8 nitrogen and oxygen atoms in total. The third kappa shape index (κ3) is 5.48. The van der Waals surface area contributed by atoms with Gasteiger partial charge in [0.1, 0.15) is 10.8 Å². The number of benzene rings is 2. The Morgan fingerprint density at radius 1 is 1.11 bits per heavy atom. The number of halogens is 3. The molecule has 0 saturated carbocycles. The molecule has 2 aromatic heterocycles. The van der Waals surface area contributed by atoms with E-state index < -0.39 is 34.9 Å². The first kappa shape index (κ1) is 25.9. The molecule has 0 bridgehead atoms. The average molecular weight is 532 g/mol. The predicted octanol–water partition coefficient (Wildman–Crippen LogP) is 5.60. The molecule has 0 saturated heterocycles. The molecular weight excluding hydrogens is 511 g/mol. The molecule has 1 amide bonds. The van der Waals surface area contributed by atoms with Gasteiger partial charge in [-0.1, -0.05) is 13.3 Å². The molecule has 0 aliphatic heterocycles. The minimum Gasteiger partial charge on any atom is -0.494 e. The first-order valence-corrected chi connectivity index (χ1v) is 12.0. The highest BCUT2D eigenvalue weighted by Gasteiger charge is 2.30. The summed E-state index contributed by atoms with van der Waals surface area (Å²) in [6, 6.07) is 9.95. The van der Waals surface area contributed by atoms with E-state index in [1.54, 1.807) is 24.3 Å². The van der Waals surface area contributed by atoms with E-state index >= 15 is 0 Å². The molecule has 2 heterocycles.